The molecule has 0 atom stereocenters. The number of nitrogens with zero attached hydrogens (tertiary/aromatic N) is 4. The van der Waals surface area contributed by atoms with Gasteiger partial charge in [-0.25, -0.2) is 13.4 Å². The Labute approximate surface area is 187 Å². The number of carbonyl (C=O) groups is 1. The number of anilines is 4. The minimum absolute atomic E-state index is 0.298. The van der Waals surface area contributed by atoms with Crippen LogP contribution in [0.15, 0.2) is 24.4 Å². The van der Waals surface area contributed by atoms with Gasteiger partial charge in [0.15, 0.2) is 0 Å². The number of methoxy groups -OCH3 is 1. The van der Waals surface area contributed by atoms with Gasteiger partial charge in [-0.05, 0) is 25.0 Å². The van der Waals surface area contributed by atoms with E-state index in [-0.39, 0.29) is 0 Å². The third kappa shape index (κ3) is 5.13. The number of aromatic nitrogens is 2. The number of primary amides is 1. The minimum atomic E-state index is -3.37. The highest BCUT2D eigenvalue weighted by atomic mass is 32.2. The molecule has 172 valence electrons. The molecule has 2 aromatic rings. The molecule has 2 fully saturated rings. The molecule has 1 aliphatic carbocycles. The average Bonchev–Trinajstić information content (AvgIpc) is 3.56. The van der Waals surface area contributed by atoms with E-state index in [1.807, 2.05) is 6.07 Å². The summed E-state index contributed by atoms with van der Waals surface area (Å²) in [5.41, 5.74) is 7.09. The summed E-state index contributed by atoms with van der Waals surface area (Å²) in [7, 11) is -1.81. The number of amides is 1. The van der Waals surface area contributed by atoms with Crippen molar-refractivity contribution in [3.05, 3.63) is 30.0 Å². The fourth-order valence-corrected chi connectivity index (χ4v) is 4.16. The molecule has 2 aliphatic rings. The lowest BCUT2D eigenvalue weighted by atomic mass is 10.2. The first-order valence-corrected chi connectivity index (χ1v) is 12.2. The second-order valence-corrected chi connectivity index (χ2v) is 9.70. The highest BCUT2D eigenvalue weighted by Crippen LogP contribution is 2.33. The van der Waals surface area contributed by atoms with Gasteiger partial charge in [-0.15, -0.1) is 0 Å². The molecule has 1 aliphatic heterocycles. The van der Waals surface area contributed by atoms with E-state index in [2.05, 4.69) is 29.8 Å². The molecule has 0 spiro atoms. The van der Waals surface area contributed by atoms with Gasteiger partial charge in [0.2, 0.25) is 16.0 Å². The molecular formula is C20H27N7O4S. The van der Waals surface area contributed by atoms with Gasteiger partial charge in [0.25, 0.3) is 5.91 Å². The second-order valence-electron chi connectivity index (χ2n) is 7.95. The number of nitrogens with one attached hydrogen (secondary N) is 2. The van der Waals surface area contributed by atoms with Crippen molar-refractivity contribution in [2.75, 3.05) is 59.4 Å². The molecule has 0 bridgehead atoms. The third-order valence-electron chi connectivity index (χ3n) is 5.35. The van der Waals surface area contributed by atoms with Crippen molar-refractivity contribution in [1.82, 2.24) is 9.97 Å². The van der Waals surface area contributed by atoms with E-state index in [9.17, 15) is 13.2 Å². The third-order valence-corrected chi connectivity index (χ3v) is 5.95. The van der Waals surface area contributed by atoms with Gasteiger partial charge in [-0.1, -0.05) is 0 Å². The zero-order valence-corrected chi connectivity index (χ0v) is 18.9. The van der Waals surface area contributed by atoms with Crippen LogP contribution in [0.2, 0.25) is 0 Å². The maximum atomic E-state index is 11.7. The number of sulfonamides is 1. The summed E-state index contributed by atoms with van der Waals surface area (Å²) in [6.07, 6.45) is 4.70. The van der Waals surface area contributed by atoms with E-state index in [1.54, 1.807) is 19.2 Å². The van der Waals surface area contributed by atoms with Gasteiger partial charge in [-0.3, -0.25) is 9.52 Å². The maximum absolute atomic E-state index is 11.7. The summed E-state index contributed by atoms with van der Waals surface area (Å²) in [5.74, 6) is 1.08. The van der Waals surface area contributed by atoms with E-state index >= 15 is 0 Å². The van der Waals surface area contributed by atoms with E-state index in [0.717, 1.165) is 24.8 Å². The number of ether oxygens (including phenoxy) is 1. The van der Waals surface area contributed by atoms with Crippen LogP contribution >= 0.6 is 0 Å². The van der Waals surface area contributed by atoms with Crippen LogP contribution in [0.1, 0.15) is 23.2 Å². The maximum Gasteiger partial charge on any atom is 0.254 e. The predicted octanol–water partition coefficient (Wildman–Crippen LogP) is 0.857. The predicted molar refractivity (Wildman–Crippen MR) is 123 cm³/mol. The molecule has 1 amide bonds. The first-order chi connectivity index (χ1) is 15.2. The minimum Gasteiger partial charge on any atom is -0.495 e. The van der Waals surface area contributed by atoms with Gasteiger partial charge in [0, 0.05) is 44.5 Å². The zero-order chi connectivity index (χ0) is 22.9. The van der Waals surface area contributed by atoms with Crippen LogP contribution in [0.25, 0.3) is 0 Å². The Kier molecular flexibility index (Phi) is 5.96. The largest absolute Gasteiger partial charge is 0.495 e. The van der Waals surface area contributed by atoms with Crippen LogP contribution in [0.3, 0.4) is 0 Å². The van der Waals surface area contributed by atoms with Gasteiger partial charge < -0.3 is 25.6 Å². The Hall–Kier alpha value is -3.28. The Morgan fingerprint density at radius 1 is 1.19 bits per heavy atom. The van der Waals surface area contributed by atoms with Crippen LogP contribution in [0.4, 0.5) is 23.1 Å². The van der Waals surface area contributed by atoms with Gasteiger partial charge >= 0.3 is 0 Å². The molecule has 4 N–H and O–H groups in total. The molecule has 4 rings (SSSR count). The Morgan fingerprint density at radius 2 is 1.88 bits per heavy atom. The molecule has 2 heterocycles. The number of benzene rings is 1. The highest BCUT2D eigenvalue weighted by molar-refractivity contribution is 7.92. The van der Waals surface area contributed by atoms with Crippen molar-refractivity contribution < 1.29 is 17.9 Å². The normalized spacial score (nSPS) is 16.6. The zero-order valence-electron chi connectivity index (χ0n) is 18.0. The first-order valence-electron chi connectivity index (χ1n) is 10.3. The molecule has 32 heavy (non-hydrogen) atoms. The van der Waals surface area contributed by atoms with Crippen LogP contribution in [0, 0.1) is 0 Å². The van der Waals surface area contributed by atoms with Gasteiger partial charge in [0.1, 0.15) is 11.6 Å². The molecule has 1 saturated heterocycles. The molecule has 1 saturated carbocycles. The molecular weight excluding hydrogens is 434 g/mol. The Morgan fingerprint density at radius 3 is 2.47 bits per heavy atom. The average molecular weight is 462 g/mol. The molecule has 0 unspecified atom stereocenters. The van der Waals surface area contributed by atoms with E-state index < -0.39 is 15.9 Å². The summed E-state index contributed by atoms with van der Waals surface area (Å²) in [5, 5.41) is 3.26. The summed E-state index contributed by atoms with van der Waals surface area (Å²) >= 11 is 0. The summed E-state index contributed by atoms with van der Waals surface area (Å²) in [6.45, 7) is 2.74. The van der Waals surface area contributed by atoms with Crippen molar-refractivity contribution >= 4 is 39.1 Å². The standard InChI is InChI=1S/C20H27N7O4S/c1-31-17-11-14(25-32(2,29)30)5-6-16(17)26-7-9-27(10-8-26)20-22-12-15(18(21)28)19(24-20)23-13-3-4-13/h5-6,11-13,25H,3-4,7-10H2,1-2H3,(H2,21,28)(H,22,23,24). The van der Waals surface area contributed by atoms with Crippen molar-refractivity contribution in [3.63, 3.8) is 0 Å². The van der Waals surface area contributed by atoms with Gasteiger partial charge in [0.05, 0.1) is 30.3 Å². The molecule has 0 radical (unpaired) electrons. The fraction of sp³-hybridized carbons (Fsp3) is 0.450. The molecule has 11 nitrogen and oxygen atoms in total. The number of rotatable bonds is 8. The van der Waals surface area contributed by atoms with Crippen molar-refractivity contribution in [1.29, 1.82) is 0 Å². The lowest BCUT2D eigenvalue weighted by Gasteiger charge is -2.36. The lowest BCUT2D eigenvalue weighted by molar-refractivity contribution is 0.100. The number of nitrogens with two attached hydrogens (primary N) is 1. The smallest absolute Gasteiger partial charge is 0.254 e. The van der Waals surface area contributed by atoms with E-state index in [4.69, 9.17) is 10.5 Å². The lowest BCUT2D eigenvalue weighted by Crippen LogP contribution is -2.47. The van der Waals surface area contributed by atoms with Crippen molar-refractivity contribution in [2.24, 2.45) is 5.73 Å². The number of hydrogen-bond acceptors (Lipinski definition) is 9. The van der Waals surface area contributed by atoms with E-state index in [0.29, 0.717) is 61.0 Å². The molecule has 12 heteroatoms. The Bertz CT molecular complexity index is 1110. The first kappa shape index (κ1) is 21.9. The van der Waals surface area contributed by atoms with Crippen LogP contribution in [-0.2, 0) is 10.0 Å². The summed E-state index contributed by atoms with van der Waals surface area (Å²) in [4.78, 5) is 24.9. The topological polar surface area (TPSA) is 143 Å². The van der Waals surface area contributed by atoms with E-state index in [1.165, 1.54) is 6.20 Å². The SMILES string of the molecule is COc1cc(NS(C)(=O)=O)ccc1N1CCN(c2ncc(C(N)=O)c(NC3CC3)n2)CC1. The quantitative estimate of drug-likeness (QED) is 0.521. The van der Waals surface area contributed by atoms with Crippen LogP contribution in [-0.4, -0.2) is 69.9 Å². The number of piperazine rings is 1. The van der Waals surface area contributed by atoms with Crippen molar-refractivity contribution in [2.45, 2.75) is 18.9 Å². The second kappa shape index (κ2) is 8.69. The summed E-state index contributed by atoms with van der Waals surface area (Å²) in [6, 6.07) is 5.56. The molecule has 1 aromatic carbocycles. The Balaban J connectivity index is 1.47. The van der Waals surface area contributed by atoms with Crippen LogP contribution < -0.4 is 30.3 Å². The van der Waals surface area contributed by atoms with Crippen molar-refractivity contribution in [3.8, 4) is 5.75 Å². The monoisotopic (exact) mass is 461 g/mol. The van der Waals surface area contributed by atoms with Gasteiger partial charge in [-0.2, -0.15) is 4.98 Å². The summed E-state index contributed by atoms with van der Waals surface area (Å²) < 4.78 is 30.9. The highest BCUT2D eigenvalue weighted by Gasteiger charge is 2.26. The fourth-order valence-electron chi connectivity index (χ4n) is 3.60. The number of carbonyl (C=O) groups excluding carboxylic acids is 1. The number of hydrogen-bond donors (Lipinski definition) is 3. The molecule has 1 aromatic heterocycles. The van der Waals surface area contributed by atoms with Crippen LogP contribution in [0.5, 0.6) is 5.75 Å².